The second-order valence-corrected chi connectivity index (χ2v) is 6.25. The van der Waals surface area contributed by atoms with Gasteiger partial charge in [0.25, 0.3) is 11.5 Å². The maximum absolute atomic E-state index is 12.6. The van der Waals surface area contributed by atoms with Gasteiger partial charge in [-0.3, -0.25) is 9.59 Å². The zero-order valence-electron chi connectivity index (χ0n) is 14.7. The minimum atomic E-state index is -0.561. The van der Waals surface area contributed by atoms with E-state index in [1.807, 2.05) is 0 Å². The lowest BCUT2D eigenvalue weighted by molar-refractivity contribution is 0.0949. The number of aromatic nitrogens is 2. The number of carbonyl (C=O) groups is 1. The van der Waals surface area contributed by atoms with Crippen LogP contribution in [0.1, 0.15) is 29.9 Å². The number of hydrogen-bond donors (Lipinski definition) is 2. The van der Waals surface area contributed by atoms with E-state index in [0.717, 1.165) is 0 Å². The van der Waals surface area contributed by atoms with Gasteiger partial charge in [-0.25, -0.2) is 10.1 Å². The predicted molar refractivity (Wildman–Crippen MR) is 104 cm³/mol. The molecular formula is C19H17ClN4O3. The number of nitrogens with zero attached hydrogens (tertiary/aromatic N) is 3. The summed E-state index contributed by atoms with van der Waals surface area (Å²) in [4.78, 5) is 25.0. The molecule has 0 saturated carbocycles. The van der Waals surface area contributed by atoms with Crippen LogP contribution in [-0.2, 0) is 6.54 Å². The number of hydrazone groups is 1. The SMILES string of the molecule is CCn1nc(C(=O)N/N=C(\C)c2cc(Cl)ccc2O)c2ccccc2c1=O. The van der Waals surface area contributed by atoms with Crippen molar-refractivity contribution < 1.29 is 9.90 Å². The number of rotatable bonds is 4. The highest BCUT2D eigenvalue weighted by Gasteiger charge is 2.16. The molecule has 0 spiro atoms. The summed E-state index contributed by atoms with van der Waals surface area (Å²) in [7, 11) is 0. The molecule has 27 heavy (non-hydrogen) atoms. The Kier molecular flexibility index (Phi) is 5.23. The number of halogens is 1. The maximum atomic E-state index is 12.6. The average molecular weight is 385 g/mol. The number of hydrogen-bond acceptors (Lipinski definition) is 5. The second-order valence-electron chi connectivity index (χ2n) is 5.81. The van der Waals surface area contributed by atoms with Crippen molar-refractivity contribution in [3.8, 4) is 5.75 Å². The Hall–Kier alpha value is -3.19. The average Bonchev–Trinajstić information content (AvgIpc) is 2.68. The lowest BCUT2D eigenvalue weighted by Gasteiger charge is -2.09. The molecule has 0 aliphatic carbocycles. The van der Waals surface area contributed by atoms with Crippen LogP contribution in [0.4, 0.5) is 0 Å². The Bertz CT molecular complexity index is 1120. The zero-order valence-corrected chi connectivity index (χ0v) is 15.5. The third kappa shape index (κ3) is 3.68. The number of aromatic hydroxyl groups is 1. The van der Waals surface area contributed by atoms with Crippen LogP contribution in [0.2, 0.25) is 5.02 Å². The fraction of sp³-hybridized carbons (Fsp3) is 0.158. The van der Waals surface area contributed by atoms with Crippen molar-refractivity contribution in [2.45, 2.75) is 20.4 Å². The van der Waals surface area contributed by atoms with Crippen molar-refractivity contribution in [2.24, 2.45) is 5.10 Å². The van der Waals surface area contributed by atoms with Gasteiger partial charge in [-0.05, 0) is 38.1 Å². The van der Waals surface area contributed by atoms with Gasteiger partial charge in [0, 0.05) is 22.5 Å². The molecule has 3 rings (SSSR count). The van der Waals surface area contributed by atoms with Crippen molar-refractivity contribution in [3.63, 3.8) is 0 Å². The molecule has 8 heteroatoms. The largest absolute Gasteiger partial charge is 0.507 e. The normalized spacial score (nSPS) is 11.6. The van der Waals surface area contributed by atoms with E-state index in [1.165, 1.54) is 10.7 Å². The number of phenols is 1. The van der Waals surface area contributed by atoms with E-state index < -0.39 is 5.91 Å². The summed E-state index contributed by atoms with van der Waals surface area (Å²) in [5.74, 6) is -0.563. The van der Waals surface area contributed by atoms with E-state index in [4.69, 9.17) is 11.6 Å². The molecule has 1 aromatic heterocycles. The van der Waals surface area contributed by atoms with Crippen LogP contribution in [0.25, 0.3) is 10.8 Å². The number of fused-ring (bicyclic) bond motifs is 1. The van der Waals surface area contributed by atoms with Gasteiger partial charge in [0.1, 0.15) is 5.75 Å². The summed E-state index contributed by atoms with van der Waals surface area (Å²) in [6.07, 6.45) is 0. The molecule has 3 aromatic rings. The molecule has 0 unspecified atom stereocenters. The fourth-order valence-corrected chi connectivity index (χ4v) is 2.84. The van der Waals surface area contributed by atoms with Crippen molar-refractivity contribution >= 4 is 34.0 Å². The molecule has 1 heterocycles. The van der Waals surface area contributed by atoms with Gasteiger partial charge < -0.3 is 5.11 Å². The van der Waals surface area contributed by atoms with Crippen LogP contribution >= 0.6 is 11.6 Å². The van der Waals surface area contributed by atoms with Gasteiger partial charge in [0.05, 0.1) is 11.1 Å². The van der Waals surface area contributed by atoms with E-state index in [9.17, 15) is 14.7 Å². The third-order valence-electron chi connectivity index (χ3n) is 4.06. The van der Waals surface area contributed by atoms with Gasteiger partial charge in [-0.15, -0.1) is 0 Å². The number of nitrogens with one attached hydrogen (secondary N) is 1. The number of benzene rings is 2. The number of phenolic OH excluding ortho intramolecular Hbond substituents is 1. The number of aryl methyl sites for hydroxylation is 1. The number of carbonyl (C=O) groups excluding carboxylic acids is 1. The van der Waals surface area contributed by atoms with Crippen LogP contribution in [0, 0.1) is 0 Å². The molecule has 7 nitrogen and oxygen atoms in total. The van der Waals surface area contributed by atoms with Crippen LogP contribution < -0.4 is 11.0 Å². The highest BCUT2D eigenvalue weighted by Crippen LogP contribution is 2.22. The summed E-state index contributed by atoms with van der Waals surface area (Å²) in [6.45, 7) is 3.74. The lowest BCUT2D eigenvalue weighted by atomic mass is 10.1. The Morgan fingerprint density at radius 2 is 1.96 bits per heavy atom. The Morgan fingerprint density at radius 3 is 2.67 bits per heavy atom. The van der Waals surface area contributed by atoms with Crippen LogP contribution in [-0.4, -0.2) is 26.5 Å². The van der Waals surface area contributed by atoms with E-state index >= 15 is 0 Å². The molecule has 0 aliphatic rings. The number of amides is 1. The molecule has 2 aromatic carbocycles. The van der Waals surface area contributed by atoms with Gasteiger partial charge in [-0.2, -0.15) is 10.2 Å². The summed E-state index contributed by atoms with van der Waals surface area (Å²) in [5.41, 5.74) is 3.04. The predicted octanol–water partition coefficient (Wildman–Crippen LogP) is 2.93. The second kappa shape index (κ2) is 7.59. The summed E-state index contributed by atoms with van der Waals surface area (Å²) < 4.78 is 1.23. The molecule has 0 saturated heterocycles. The molecule has 0 aliphatic heterocycles. The topological polar surface area (TPSA) is 96.6 Å². The van der Waals surface area contributed by atoms with Gasteiger partial charge in [-0.1, -0.05) is 29.8 Å². The smallest absolute Gasteiger partial charge is 0.292 e. The van der Waals surface area contributed by atoms with Crippen LogP contribution in [0.3, 0.4) is 0 Å². The first-order valence-electron chi connectivity index (χ1n) is 8.25. The minimum Gasteiger partial charge on any atom is -0.507 e. The van der Waals surface area contributed by atoms with Crippen LogP contribution in [0.5, 0.6) is 5.75 Å². The molecule has 0 radical (unpaired) electrons. The highest BCUT2D eigenvalue weighted by molar-refractivity contribution is 6.31. The van der Waals surface area contributed by atoms with Crippen molar-refractivity contribution in [1.82, 2.24) is 15.2 Å². The summed E-state index contributed by atoms with van der Waals surface area (Å²) in [6, 6.07) is 11.3. The summed E-state index contributed by atoms with van der Waals surface area (Å²) >= 11 is 5.94. The Balaban J connectivity index is 1.98. The molecule has 0 bridgehead atoms. The molecule has 0 fully saturated rings. The first-order chi connectivity index (χ1) is 12.9. The molecule has 138 valence electrons. The van der Waals surface area contributed by atoms with Crippen molar-refractivity contribution in [3.05, 3.63) is 69.1 Å². The minimum absolute atomic E-state index is 0.00185. The van der Waals surface area contributed by atoms with Gasteiger partial charge >= 0.3 is 0 Å². The van der Waals surface area contributed by atoms with E-state index in [-0.39, 0.29) is 17.0 Å². The molecule has 2 N–H and O–H groups in total. The summed E-state index contributed by atoms with van der Waals surface area (Å²) in [5, 5.41) is 19.4. The first kappa shape index (κ1) is 18.6. The quantitative estimate of drug-likeness (QED) is 0.534. The maximum Gasteiger partial charge on any atom is 0.292 e. The van der Waals surface area contributed by atoms with Crippen molar-refractivity contribution in [2.75, 3.05) is 0 Å². The van der Waals surface area contributed by atoms with Crippen molar-refractivity contribution in [1.29, 1.82) is 0 Å². The van der Waals surface area contributed by atoms with E-state index in [0.29, 0.717) is 33.6 Å². The molecular weight excluding hydrogens is 368 g/mol. The molecule has 1 amide bonds. The Morgan fingerprint density at radius 1 is 1.26 bits per heavy atom. The van der Waals surface area contributed by atoms with Gasteiger partial charge in [0.2, 0.25) is 0 Å². The van der Waals surface area contributed by atoms with E-state index in [2.05, 4.69) is 15.6 Å². The lowest BCUT2D eigenvalue weighted by Crippen LogP contribution is -2.28. The monoisotopic (exact) mass is 384 g/mol. The fourth-order valence-electron chi connectivity index (χ4n) is 2.66. The standard InChI is InChI=1S/C19H17ClN4O3/c1-3-24-19(27)14-7-5-4-6-13(14)17(23-24)18(26)22-21-11(2)15-10-12(20)8-9-16(15)25/h4-10,25H,3H2,1-2H3,(H,22,26)/b21-11+. The third-order valence-corrected chi connectivity index (χ3v) is 4.29. The first-order valence-corrected chi connectivity index (χ1v) is 8.63. The zero-order chi connectivity index (χ0) is 19.6. The highest BCUT2D eigenvalue weighted by atomic mass is 35.5. The molecule has 0 atom stereocenters. The van der Waals surface area contributed by atoms with E-state index in [1.54, 1.807) is 50.2 Å². The van der Waals surface area contributed by atoms with Gasteiger partial charge in [0.15, 0.2) is 5.69 Å². The van der Waals surface area contributed by atoms with Crippen LogP contribution in [0.15, 0.2) is 52.4 Å². The Labute approximate surface area is 159 Å².